The Morgan fingerprint density at radius 3 is 3.09 bits per heavy atom. The Morgan fingerprint density at radius 1 is 1.27 bits per heavy atom. The lowest BCUT2D eigenvalue weighted by Crippen LogP contribution is -2.56. The maximum absolute atomic E-state index is 5.42. The fourth-order valence-electron chi connectivity index (χ4n) is 1.90. The first-order valence-corrected chi connectivity index (χ1v) is 4.36. The summed E-state index contributed by atoms with van der Waals surface area (Å²) in [5.41, 5.74) is 0. The fraction of sp³-hybridized carbons (Fsp3) is 1.00. The Balaban J connectivity index is 1.93. The molecule has 11 heavy (non-hydrogen) atoms. The highest BCUT2D eigenvalue weighted by atomic mass is 16.5. The minimum absolute atomic E-state index is 0.669. The molecule has 2 aliphatic heterocycles. The molecule has 2 aliphatic rings. The largest absolute Gasteiger partial charge is 0.378 e. The molecule has 0 N–H and O–H groups in total. The standard InChI is InChI=1S/C8H16N2O/c1-9-2-3-10-4-5-11-7-8(10)6-9/h8H,2-7H2,1H3/t8-/m0/s1. The van der Waals surface area contributed by atoms with Crippen molar-refractivity contribution in [1.82, 2.24) is 9.80 Å². The molecule has 0 bridgehead atoms. The average Bonchev–Trinajstić information content (AvgIpc) is 2.04. The van der Waals surface area contributed by atoms with Crippen molar-refractivity contribution in [3.63, 3.8) is 0 Å². The van der Waals surface area contributed by atoms with E-state index in [1.54, 1.807) is 0 Å². The van der Waals surface area contributed by atoms with Crippen LogP contribution in [-0.4, -0.2) is 62.3 Å². The highest BCUT2D eigenvalue weighted by molar-refractivity contribution is 4.82. The van der Waals surface area contributed by atoms with Gasteiger partial charge in [0.2, 0.25) is 0 Å². The van der Waals surface area contributed by atoms with Crippen LogP contribution in [0.2, 0.25) is 0 Å². The van der Waals surface area contributed by atoms with E-state index in [0.717, 1.165) is 19.8 Å². The third-order valence-corrected chi connectivity index (χ3v) is 2.64. The van der Waals surface area contributed by atoms with Crippen LogP contribution in [0.25, 0.3) is 0 Å². The predicted octanol–water partition coefficient (Wildman–Crippen LogP) is -0.367. The van der Waals surface area contributed by atoms with Gasteiger partial charge in [-0.1, -0.05) is 0 Å². The van der Waals surface area contributed by atoms with Crippen LogP contribution in [-0.2, 0) is 4.74 Å². The summed E-state index contributed by atoms with van der Waals surface area (Å²) in [5, 5.41) is 0. The smallest absolute Gasteiger partial charge is 0.0634 e. The minimum Gasteiger partial charge on any atom is -0.378 e. The zero-order chi connectivity index (χ0) is 7.68. The molecule has 0 aromatic carbocycles. The van der Waals surface area contributed by atoms with Crippen molar-refractivity contribution in [2.24, 2.45) is 0 Å². The summed E-state index contributed by atoms with van der Waals surface area (Å²) in [6.45, 7) is 6.63. The lowest BCUT2D eigenvalue weighted by molar-refractivity contribution is -0.0397. The number of nitrogens with zero attached hydrogens (tertiary/aromatic N) is 2. The first-order chi connectivity index (χ1) is 5.36. The van der Waals surface area contributed by atoms with Gasteiger partial charge in [0.25, 0.3) is 0 Å². The van der Waals surface area contributed by atoms with Crippen LogP contribution in [0.3, 0.4) is 0 Å². The number of piperazine rings is 1. The highest BCUT2D eigenvalue weighted by Crippen LogP contribution is 2.11. The summed E-state index contributed by atoms with van der Waals surface area (Å²) in [6, 6.07) is 0.669. The summed E-state index contributed by atoms with van der Waals surface area (Å²) in [5.74, 6) is 0. The molecule has 3 nitrogen and oxygen atoms in total. The van der Waals surface area contributed by atoms with Gasteiger partial charge >= 0.3 is 0 Å². The quantitative estimate of drug-likeness (QED) is 0.476. The first kappa shape index (κ1) is 7.53. The molecule has 2 rings (SSSR count). The van der Waals surface area contributed by atoms with Crippen LogP contribution >= 0.6 is 0 Å². The van der Waals surface area contributed by atoms with E-state index in [-0.39, 0.29) is 0 Å². The molecular weight excluding hydrogens is 140 g/mol. The van der Waals surface area contributed by atoms with Gasteiger partial charge in [-0.15, -0.1) is 0 Å². The zero-order valence-corrected chi connectivity index (χ0v) is 7.12. The van der Waals surface area contributed by atoms with Gasteiger partial charge in [-0.05, 0) is 7.05 Å². The van der Waals surface area contributed by atoms with Crippen LogP contribution < -0.4 is 0 Å². The Hall–Kier alpha value is -0.120. The minimum atomic E-state index is 0.669. The monoisotopic (exact) mass is 156 g/mol. The second-order valence-corrected chi connectivity index (χ2v) is 3.53. The van der Waals surface area contributed by atoms with Crippen LogP contribution in [0.1, 0.15) is 0 Å². The van der Waals surface area contributed by atoms with Crippen molar-refractivity contribution in [2.75, 3.05) is 46.4 Å². The number of ether oxygens (including phenoxy) is 1. The molecule has 1 atom stereocenters. The average molecular weight is 156 g/mol. The van der Waals surface area contributed by atoms with Gasteiger partial charge in [-0.3, -0.25) is 4.90 Å². The lowest BCUT2D eigenvalue weighted by Gasteiger charge is -2.42. The van der Waals surface area contributed by atoms with Crippen molar-refractivity contribution in [3.05, 3.63) is 0 Å². The van der Waals surface area contributed by atoms with E-state index in [1.807, 2.05) is 0 Å². The molecule has 0 saturated carbocycles. The molecule has 3 heteroatoms. The zero-order valence-electron chi connectivity index (χ0n) is 7.12. The summed E-state index contributed by atoms with van der Waals surface area (Å²) in [4.78, 5) is 4.93. The van der Waals surface area contributed by atoms with E-state index in [9.17, 15) is 0 Å². The van der Waals surface area contributed by atoms with Crippen molar-refractivity contribution in [3.8, 4) is 0 Å². The molecule has 64 valence electrons. The summed E-state index contributed by atoms with van der Waals surface area (Å²) in [6.07, 6.45) is 0. The number of rotatable bonds is 0. The Kier molecular flexibility index (Phi) is 2.11. The van der Waals surface area contributed by atoms with Crippen molar-refractivity contribution in [2.45, 2.75) is 6.04 Å². The topological polar surface area (TPSA) is 15.7 Å². The highest BCUT2D eigenvalue weighted by Gasteiger charge is 2.27. The summed E-state index contributed by atoms with van der Waals surface area (Å²) in [7, 11) is 2.19. The van der Waals surface area contributed by atoms with Gasteiger partial charge in [0.05, 0.1) is 13.2 Å². The van der Waals surface area contributed by atoms with Crippen molar-refractivity contribution < 1.29 is 4.74 Å². The van der Waals surface area contributed by atoms with Crippen LogP contribution in [0, 0.1) is 0 Å². The molecule has 2 fully saturated rings. The van der Waals surface area contributed by atoms with E-state index in [2.05, 4.69) is 16.8 Å². The Morgan fingerprint density at radius 2 is 2.18 bits per heavy atom. The fourth-order valence-corrected chi connectivity index (χ4v) is 1.90. The normalized spacial score (nSPS) is 35.2. The van der Waals surface area contributed by atoms with Crippen LogP contribution in [0.15, 0.2) is 0 Å². The van der Waals surface area contributed by atoms with E-state index >= 15 is 0 Å². The third-order valence-electron chi connectivity index (χ3n) is 2.64. The number of likely N-dealkylation sites (N-methyl/N-ethyl adjacent to an activating group) is 1. The van der Waals surface area contributed by atoms with Crippen LogP contribution in [0.5, 0.6) is 0 Å². The second-order valence-electron chi connectivity index (χ2n) is 3.53. The van der Waals surface area contributed by atoms with Gasteiger partial charge in [0, 0.05) is 32.2 Å². The third kappa shape index (κ3) is 1.55. The molecule has 0 amide bonds. The molecule has 0 aromatic heterocycles. The lowest BCUT2D eigenvalue weighted by atomic mass is 10.1. The predicted molar refractivity (Wildman–Crippen MR) is 43.7 cm³/mol. The van der Waals surface area contributed by atoms with E-state index < -0.39 is 0 Å². The molecule has 0 aliphatic carbocycles. The Bertz CT molecular complexity index is 140. The van der Waals surface area contributed by atoms with Crippen molar-refractivity contribution >= 4 is 0 Å². The molecular formula is C8H16N2O. The van der Waals surface area contributed by atoms with E-state index in [1.165, 1.54) is 19.6 Å². The van der Waals surface area contributed by atoms with Gasteiger partial charge in [0.15, 0.2) is 0 Å². The number of hydrogen-bond acceptors (Lipinski definition) is 3. The van der Waals surface area contributed by atoms with Gasteiger partial charge in [0.1, 0.15) is 0 Å². The van der Waals surface area contributed by atoms with Gasteiger partial charge in [-0.2, -0.15) is 0 Å². The number of fused-ring (bicyclic) bond motifs is 1. The molecule has 2 heterocycles. The number of morpholine rings is 1. The molecule has 0 unspecified atom stereocenters. The first-order valence-electron chi connectivity index (χ1n) is 4.36. The van der Waals surface area contributed by atoms with E-state index in [4.69, 9.17) is 4.74 Å². The molecule has 2 saturated heterocycles. The van der Waals surface area contributed by atoms with Crippen molar-refractivity contribution in [1.29, 1.82) is 0 Å². The van der Waals surface area contributed by atoms with Gasteiger partial charge < -0.3 is 9.64 Å². The second kappa shape index (κ2) is 3.09. The summed E-state index contributed by atoms with van der Waals surface area (Å²) < 4.78 is 5.42. The van der Waals surface area contributed by atoms with Crippen LogP contribution in [0.4, 0.5) is 0 Å². The number of hydrogen-bond donors (Lipinski definition) is 0. The van der Waals surface area contributed by atoms with E-state index in [0.29, 0.717) is 6.04 Å². The summed E-state index contributed by atoms with van der Waals surface area (Å²) >= 11 is 0. The maximum Gasteiger partial charge on any atom is 0.0634 e. The molecule has 0 spiro atoms. The van der Waals surface area contributed by atoms with Gasteiger partial charge in [-0.25, -0.2) is 0 Å². The SMILES string of the molecule is CN1CCN2CCOC[C@@H]2C1. The molecule has 0 radical (unpaired) electrons. The maximum atomic E-state index is 5.42. The Labute approximate surface area is 67.9 Å². The molecule has 0 aromatic rings.